The summed E-state index contributed by atoms with van der Waals surface area (Å²) in [6.07, 6.45) is 1.56. The zero-order valence-electron chi connectivity index (χ0n) is 14.5. The molecule has 0 aliphatic carbocycles. The molecular formula is C18H14Cl3N5O2. The summed E-state index contributed by atoms with van der Waals surface area (Å²) < 4.78 is 5.72. The second kappa shape index (κ2) is 9.05. The van der Waals surface area contributed by atoms with Crippen LogP contribution in [0.3, 0.4) is 0 Å². The van der Waals surface area contributed by atoms with Crippen LogP contribution in [0.15, 0.2) is 46.3 Å². The van der Waals surface area contributed by atoms with E-state index in [-0.39, 0.29) is 23.8 Å². The summed E-state index contributed by atoms with van der Waals surface area (Å²) in [5, 5.41) is 12.8. The largest absolute Gasteiger partial charge is 0.489 e. The van der Waals surface area contributed by atoms with E-state index in [1.165, 1.54) is 0 Å². The number of aryl methyl sites for hydroxylation is 1. The van der Waals surface area contributed by atoms with E-state index in [0.29, 0.717) is 26.4 Å². The van der Waals surface area contributed by atoms with Crippen LogP contribution in [0.4, 0.5) is 5.95 Å². The number of nitrogens with zero attached hydrogens (tertiary/aromatic N) is 3. The highest BCUT2D eigenvalue weighted by atomic mass is 35.5. The number of rotatable bonds is 6. The minimum atomic E-state index is -0.325. The number of hydrogen-bond donors (Lipinski definition) is 2. The van der Waals surface area contributed by atoms with Crippen LogP contribution in [0.5, 0.6) is 5.75 Å². The number of halogens is 3. The van der Waals surface area contributed by atoms with Crippen LogP contribution in [-0.2, 0) is 6.61 Å². The number of aromatic amines is 1. The molecule has 0 fully saturated rings. The predicted molar refractivity (Wildman–Crippen MR) is 111 cm³/mol. The van der Waals surface area contributed by atoms with Gasteiger partial charge in [-0.15, -0.1) is 10.2 Å². The lowest BCUT2D eigenvalue weighted by atomic mass is 10.2. The zero-order chi connectivity index (χ0) is 20.1. The van der Waals surface area contributed by atoms with Crippen LogP contribution in [0, 0.1) is 6.92 Å². The Balaban J connectivity index is 1.60. The maximum absolute atomic E-state index is 11.4. The lowest BCUT2D eigenvalue weighted by Gasteiger charge is -2.10. The number of hydrazone groups is 1. The van der Waals surface area contributed by atoms with Gasteiger partial charge in [0.25, 0.3) is 5.56 Å². The van der Waals surface area contributed by atoms with Crippen molar-refractivity contribution in [2.45, 2.75) is 13.5 Å². The fraction of sp³-hybridized carbons (Fsp3) is 0.111. The van der Waals surface area contributed by atoms with Crippen molar-refractivity contribution in [3.8, 4) is 5.75 Å². The molecule has 0 spiro atoms. The maximum Gasteiger partial charge on any atom is 0.274 e. The van der Waals surface area contributed by atoms with Crippen LogP contribution in [0.2, 0.25) is 15.1 Å². The van der Waals surface area contributed by atoms with Crippen LogP contribution in [0.1, 0.15) is 16.8 Å². The lowest BCUT2D eigenvalue weighted by molar-refractivity contribution is 0.306. The molecule has 0 bridgehead atoms. The molecule has 2 N–H and O–H groups in total. The standard InChI is InChI=1S/C18H14Cl3N5O2/c1-10-17(27)23-18(26-24-10)25-22-8-11-2-4-12(5-3-11)28-9-13-14(19)6-7-15(20)16(13)21/h2-8H,9H2,1H3,(H2,23,25,26,27)/b22-8+. The maximum atomic E-state index is 11.4. The molecule has 7 nitrogen and oxygen atoms in total. The Morgan fingerprint density at radius 1 is 1.11 bits per heavy atom. The molecule has 1 heterocycles. The number of aromatic nitrogens is 3. The molecule has 10 heteroatoms. The molecule has 1 aromatic heterocycles. The van der Waals surface area contributed by atoms with Gasteiger partial charge in [0.2, 0.25) is 5.95 Å². The summed E-state index contributed by atoms with van der Waals surface area (Å²) in [5.41, 5.74) is 4.00. The molecule has 3 aromatic rings. The molecule has 2 aromatic carbocycles. The molecule has 0 amide bonds. The molecule has 144 valence electrons. The molecule has 0 saturated carbocycles. The molecule has 0 unspecified atom stereocenters. The van der Waals surface area contributed by atoms with Gasteiger partial charge in [-0.05, 0) is 48.9 Å². The van der Waals surface area contributed by atoms with E-state index < -0.39 is 0 Å². The fourth-order valence-electron chi connectivity index (χ4n) is 2.12. The molecule has 0 atom stereocenters. The predicted octanol–water partition coefficient (Wildman–Crippen LogP) is 4.46. The van der Waals surface area contributed by atoms with Gasteiger partial charge in [0.1, 0.15) is 18.1 Å². The molecule has 0 aliphatic rings. The zero-order valence-corrected chi connectivity index (χ0v) is 16.8. The van der Waals surface area contributed by atoms with Gasteiger partial charge < -0.3 is 4.74 Å². The second-order valence-corrected chi connectivity index (χ2v) is 6.83. The second-order valence-electron chi connectivity index (χ2n) is 5.64. The van der Waals surface area contributed by atoms with E-state index in [9.17, 15) is 4.79 Å². The third kappa shape index (κ3) is 5.01. The average Bonchev–Trinajstić information content (AvgIpc) is 2.69. The van der Waals surface area contributed by atoms with Crippen LogP contribution in [0.25, 0.3) is 0 Å². The van der Waals surface area contributed by atoms with Crippen molar-refractivity contribution in [1.82, 2.24) is 15.2 Å². The van der Waals surface area contributed by atoms with Crippen molar-refractivity contribution in [3.05, 3.63) is 78.6 Å². The number of hydrogen-bond acceptors (Lipinski definition) is 6. The van der Waals surface area contributed by atoms with Gasteiger partial charge >= 0.3 is 0 Å². The summed E-state index contributed by atoms with van der Waals surface area (Å²) in [7, 11) is 0. The number of ether oxygens (including phenoxy) is 1. The monoisotopic (exact) mass is 437 g/mol. The van der Waals surface area contributed by atoms with Gasteiger partial charge in [-0.1, -0.05) is 34.8 Å². The van der Waals surface area contributed by atoms with Crippen molar-refractivity contribution in [2.24, 2.45) is 5.10 Å². The van der Waals surface area contributed by atoms with E-state index in [1.54, 1.807) is 37.4 Å². The summed E-state index contributed by atoms with van der Waals surface area (Å²) >= 11 is 18.3. The Kier molecular flexibility index (Phi) is 6.51. The van der Waals surface area contributed by atoms with Crippen molar-refractivity contribution in [2.75, 3.05) is 5.43 Å². The smallest absolute Gasteiger partial charge is 0.274 e. The summed E-state index contributed by atoms with van der Waals surface area (Å²) in [6, 6.07) is 10.5. The van der Waals surface area contributed by atoms with Gasteiger partial charge in [0, 0.05) is 10.6 Å². The van der Waals surface area contributed by atoms with E-state index in [1.807, 2.05) is 12.1 Å². The third-order valence-electron chi connectivity index (χ3n) is 3.65. The molecule has 0 aliphatic heterocycles. The fourth-order valence-corrected chi connectivity index (χ4v) is 2.78. The van der Waals surface area contributed by atoms with Crippen molar-refractivity contribution in [1.29, 1.82) is 0 Å². The SMILES string of the molecule is Cc1nnc(N/N=C/c2ccc(OCc3c(Cl)ccc(Cl)c3Cl)cc2)[nH]c1=O. The first-order valence-electron chi connectivity index (χ1n) is 8.02. The first kappa shape index (κ1) is 20.1. The van der Waals surface area contributed by atoms with E-state index in [0.717, 1.165) is 5.56 Å². The summed E-state index contributed by atoms with van der Waals surface area (Å²) in [5.74, 6) is 0.785. The van der Waals surface area contributed by atoms with Crippen LogP contribution < -0.4 is 15.7 Å². The Labute approximate surface area is 175 Å². The highest BCUT2D eigenvalue weighted by Gasteiger charge is 2.10. The Morgan fingerprint density at radius 2 is 1.82 bits per heavy atom. The summed E-state index contributed by atoms with van der Waals surface area (Å²) in [6.45, 7) is 1.75. The highest BCUT2D eigenvalue weighted by Crippen LogP contribution is 2.32. The lowest BCUT2D eigenvalue weighted by Crippen LogP contribution is -2.15. The number of H-pyrrole nitrogens is 1. The third-order valence-corrected chi connectivity index (χ3v) is 4.84. The van der Waals surface area contributed by atoms with E-state index >= 15 is 0 Å². The van der Waals surface area contributed by atoms with Gasteiger partial charge in [-0.3, -0.25) is 9.78 Å². The number of benzene rings is 2. The topological polar surface area (TPSA) is 92.3 Å². The Morgan fingerprint density at radius 3 is 2.54 bits per heavy atom. The van der Waals surface area contributed by atoms with Crippen LogP contribution >= 0.6 is 34.8 Å². The number of anilines is 1. The molecule has 0 radical (unpaired) electrons. The van der Waals surface area contributed by atoms with Crippen molar-refractivity contribution < 1.29 is 4.74 Å². The minimum absolute atomic E-state index is 0.155. The highest BCUT2D eigenvalue weighted by molar-refractivity contribution is 6.44. The van der Waals surface area contributed by atoms with Crippen molar-refractivity contribution in [3.63, 3.8) is 0 Å². The normalized spacial score (nSPS) is 11.0. The molecular weight excluding hydrogens is 425 g/mol. The van der Waals surface area contributed by atoms with Gasteiger partial charge in [-0.25, -0.2) is 5.43 Å². The van der Waals surface area contributed by atoms with E-state index in [4.69, 9.17) is 39.5 Å². The Hall–Kier alpha value is -2.61. The Bertz CT molecular complexity index is 1070. The first-order chi connectivity index (χ1) is 13.4. The van der Waals surface area contributed by atoms with Crippen molar-refractivity contribution >= 4 is 47.0 Å². The van der Waals surface area contributed by atoms with Gasteiger partial charge in [-0.2, -0.15) is 5.10 Å². The summed E-state index contributed by atoms with van der Waals surface area (Å²) in [4.78, 5) is 14.0. The average molecular weight is 439 g/mol. The number of nitrogens with one attached hydrogen (secondary N) is 2. The molecule has 0 saturated heterocycles. The van der Waals surface area contributed by atoms with Gasteiger partial charge in [0.15, 0.2) is 0 Å². The first-order valence-corrected chi connectivity index (χ1v) is 9.15. The van der Waals surface area contributed by atoms with Crippen LogP contribution in [-0.4, -0.2) is 21.4 Å². The molecule has 28 heavy (non-hydrogen) atoms. The quantitative estimate of drug-likeness (QED) is 0.337. The van der Waals surface area contributed by atoms with Gasteiger partial charge in [0.05, 0.1) is 16.3 Å². The van der Waals surface area contributed by atoms with E-state index in [2.05, 4.69) is 25.7 Å². The minimum Gasteiger partial charge on any atom is -0.489 e. The molecule has 3 rings (SSSR count).